The molecule has 0 aliphatic carbocycles. The largest absolute Gasteiger partial charge is 0.508 e. The highest BCUT2D eigenvalue weighted by molar-refractivity contribution is 7.13. The van der Waals surface area contributed by atoms with Crippen LogP contribution in [0, 0.1) is 0 Å². The summed E-state index contributed by atoms with van der Waals surface area (Å²) in [6, 6.07) is 14.4. The van der Waals surface area contributed by atoms with E-state index in [1.807, 2.05) is 35.7 Å². The van der Waals surface area contributed by atoms with Crippen molar-refractivity contribution in [2.24, 2.45) is 0 Å². The fourth-order valence-electron chi connectivity index (χ4n) is 2.50. The van der Waals surface area contributed by atoms with Crippen LogP contribution in [0.4, 0.5) is 5.13 Å². The minimum absolute atomic E-state index is 0.0987. The highest BCUT2D eigenvalue weighted by Crippen LogP contribution is 2.22. The molecule has 0 aliphatic rings. The lowest BCUT2D eigenvalue weighted by Gasteiger charge is -2.07. The quantitative estimate of drug-likeness (QED) is 0.592. The third kappa shape index (κ3) is 4.58. The zero-order valence-electron chi connectivity index (χ0n) is 13.6. The molecule has 0 saturated carbocycles. The summed E-state index contributed by atoms with van der Waals surface area (Å²) in [7, 11) is 0. The second kappa shape index (κ2) is 7.81. The summed E-state index contributed by atoms with van der Waals surface area (Å²) in [4.78, 5) is 16.5. The number of amides is 1. The molecule has 0 saturated heterocycles. The van der Waals surface area contributed by atoms with Crippen molar-refractivity contribution < 1.29 is 9.90 Å². The molecule has 1 heterocycles. The number of benzene rings is 2. The molecule has 0 atom stereocenters. The van der Waals surface area contributed by atoms with Gasteiger partial charge in [-0.3, -0.25) is 4.79 Å². The number of phenols is 1. The number of carbonyl (C=O) groups is 1. The van der Waals surface area contributed by atoms with Crippen LogP contribution in [0.15, 0.2) is 53.9 Å². The molecule has 0 bridgehead atoms. The van der Waals surface area contributed by atoms with E-state index in [1.54, 1.807) is 18.2 Å². The van der Waals surface area contributed by atoms with Crippen molar-refractivity contribution in [2.45, 2.75) is 12.8 Å². The van der Waals surface area contributed by atoms with Gasteiger partial charge in [-0.2, -0.15) is 0 Å². The van der Waals surface area contributed by atoms with Gasteiger partial charge in [0.05, 0.1) is 5.69 Å². The van der Waals surface area contributed by atoms with Crippen LogP contribution >= 0.6 is 11.3 Å². The van der Waals surface area contributed by atoms with E-state index in [-0.39, 0.29) is 11.7 Å². The Bertz CT molecular complexity index is 859. The number of nitrogens with zero attached hydrogens (tertiary/aromatic N) is 1. The second-order valence-electron chi connectivity index (χ2n) is 5.66. The SMILES string of the molecule is Nc1nc(CCCNC(=O)c2cccc(-c3ccc(O)cc3)c2)cs1. The van der Waals surface area contributed by atoms with Crippen LogP contribution in [0.1, 0.15) is 22.5 Å². The summed E-state index contributed by atoms with van der Waals surface area (Å²) in [5.74, 6) is 0.123. The van der Waals surface area contributed by atoms with Crippen LogP contribution in [-0.2, 0) is 6.42 Å². The fraction of sp³-hybridized carbons (Fsp3) is 0.158. The van der Waals surface area contributed by atoms with Gasteiger partial charge in [0.2, 0.25) is 0 Å². The van der Waals surface area contributed by atoms with Gasteiger partial charge in [0, 0.05) is 17.5 Å². The first kappa shape index (κ1) is 17.0. The first-order valence-electron chi connectivity index (χ1n) is 7.99. The van der Waals surface area contributed by atoms with E-state index in [0.717, 1.165) is 29.7 Å². The van der Waals surface area contributed by atoms with E-state index in [9.17, 15) is 9.90 Å². The van der Waals surface area contributed by atoms with Gasteiger partial charge in [0.1, 0.15) is 5.75 Å². The topological polar surface area (TPSA) is 88.2 Å². The summed E-state index contributed by atoms with van der Waals surface area (Å²) in [6.07, 6.45) is 1.61. The summed E-state index contributed by atoms with van der Waals surface area (Å²) in [5, 5.41) is 14.8. The van der Waals surface area contributed by atoms with E-state index in [4.69, 9.17) is 5.73 Å². The van der Waals surface area contributed by atoms with E-state index < -0.39 is 0 Å². The molecule has 0 unspecified atom stereocenters. The fourth-order valence-corrected chi connectivity index (χ4v) is 3.10. The first-order chi connectivity index (χ1) is 12.1. The molecule has 1 aromatic heterocycles. The molecule has 5 nitrogen and oxygen atoms in total. The van der Waals surface area contributed by atoms with Crippen molar-refractivity contribution in [1.82, 2.24) is 10.3 Å². The van der Waals surface area contributed by atoms with Gasteiger partial charge in [0.15, 0.2) is 5.13 Å². The Hall–Kier alpha value is -2.86. The Labute approximate surface area is 150 Å². The molecule has 0 aliphatic heterocycles. The van der Waals surface area contributed by atoms with Crippen LogP contribution in [0.2, 0.25) is 0 Å². The molecule has 6 heteroatoms. The normalized spacial score (nSPS) is 10.6. The number of aromatic nitrogens is 1. The van der Waals surface area contributed by atoms with Crippen LogP contribution in [0.5, 0.6) is 5.75 Å². The number of thiazole rings is 1. The Morgan fingerprint density at radius 1 is 1.16 bits per heavy atom. The number of hydrogen-bond acceptors (Lipinski definition) is 5. The van der Waals surface area contributed by atoms with Crippen molar-refractivity contribution in [2.75, 3.05) is 12.3 Å². The molecule has 3 rings (SSSR count). The number of nitrogen functional groups attached to an aromatic ring is 1. The summed E-state index contributed by atoms with van der Waals surface area (Å²) >= 11 is 1.43. The Balaban J connectivity index is 1.56. The smallest absolute Gasteiger partial charge is 0.251 e. The number of phenolic OH excluding ortho intramolecular Hbond substituents is 1. The molecule has 128 valence electrons. The number of aryl methyl sites for hydroxylation is 1. The van der Waals surface area contributed by atoms with Gasteiger partial charge in [0.25, 0.3) is 5.91 Å². The molecule has 25 heavy (non-hydrogen) atoms. The molecule has 2 aromatic carbocycles. The standard InChI is InChI=1S/C19H19N3O2S/c20-19-22-16(12-25-19)5-2-10-21-18(24)15-4-1-3-14(11-15)13-6-8-17(23)9-7-13/h1,3-4,6-9,11-12,23H,2,5,10H2,(H2,20,22)(H,21,24). The first-order valence-corrected chi connectivity index (χ1v) is 8.87. The average Bonchev–Trinajstić information content (AvgIpc) is 3.04. The number of nitrogens with two attached hydrogens (primary N) is 1. The molecule has 0 radical (unpaired) electrons. The van der Waals surface area contributed by atoms with Gasteiger partial charge in [-0.15, -0.1) is 11.3 Å². The predicted octanol–water partition coefficient (Wildman–Crippen LogP) is 3.46. The van der Waals surface area contributed by atoms with E-state index in [2.05, 4.69) is 10.3 Å². The monoisotopic (exact) mass is 353 g/mol. The van der Waals surface area contributed by atoms with Gasteiger partial charge >= 0.3 is 0 Å². The van der Waals surface area contributed by atoms with Crippen molar-refractivity contribution in [1.29, 1.82) is 0 Å². The maximum absolute atomic E-state index is 12.3. The maximum Gasteiger partial charge on any atom is 0.251 e. The third-order valence-electron chi connectivity index (χ3n) is 3.79. The maximum atomic E-state index is 12.3. The molecular weight excluding hydrogens is 334 g/mol. The van der Waals surface area contributed by atoms with Gasteiger partial charge < -0.3 is 16.2 Å². The predicted molar refractivity (Wildman–Crippen MR) is 101 cm³/mol. The molecule has 4 N–H and O–H groups in total. The highest BCUT2D eigenvalue weighted by Gasteiger charge is 2.07. The van der Waals surface area contributed by atoms with Gasteiger partial charge in [-0.05, 0) is 48.2 Å². The Morgan fingerprint density at radius 2 is 1.96 bits per heavy atom. The van der Waals surface area contributed by atoms with Crippen molar-refractivity contribution in [3.8, 4) is 16.9 Å². The van der Waals surface area contributed by atoms with Crippen molar-refractivity contribution in [3.63, 3.8) is 0 Å². The number of aromatic hydroxyl groups is 1. The summed E-state index contributed by atoms with van der Waals surface area (Å²) < 4.78 is 0. The van der Waals surface area contributed by atoms with Gasteiger partial charge in [-0.25, -0.2) is 4.98 Å². The van der Waals surface area contributed by atoms with E-state index in [0.29, 0.717) is 17.2 Å². The number of carbonyl (C=O) groups excluding carboxylic acids is 1. The van der Waals surface area contributed by atoms with E-state index >= 15 is 0 Å². The summed E-state index contributed by atoms with van der Waals surface area (Å²) in [5.41, 5.74) is 9.07. The van der Waals surface area contributed by atoms with Crippen LogP contribution in [0.3, 0.4) is 0 Å². The average molecular weight is 353 g/mol. The lowest BCUT2D eigenvalue weighted by molar-refractivity contribution is 0.0953. The molecular formula is C19H19N3O2S. The van der Waals surface area contributed by atoms with Crippen LogP contribution in [0.25, 0.3) is 11.1 Å². The Morgan fingerprint density at radius 3 is 2.68 bits per heavy atom. The zero-order valence-corrected chi connectivity index (χ0v) is 14.4. The molecule has 1 amide bonds. The summed E-state index contributed by atoms with van der Waals surface area (Å²) in [6.45, 7) is 0.583. The van der Waals surface area contributed by atoms with Crippen molar-refractivity contribution >= 4 is 22.4 Å². The number of nitrogens with one attached hydrogen (secondary N) is 1. The second-order valence-corrected chi connectivity index (χ2v) is 6.55. The molecule has 3 aromatic rings. The Kier molecular flexibility index (Phi) is 5.30. The van der Waals surface area contributed by atoms with Crippen LogP contribution < -0.4 is 11.1 Å². The molecule has 0 fully saturated rings. The number of rotatable bonds is 6. The third-order valence-corrected chi connectivity index (χ3v) is 4.51. The lowest BCUT2D eigenvalue weighted by Crippen LogP contribution is -2.24. The lowest BCUT2D eigenvalue weighted by atomic mass is 10.0. The zero-order chi connectivity index (χ0) is 17.6. The minimum atomic E-state index is -0.0987. The number of hydrogen-bond donors (Lipinski definition) is 3. The number of anilines is 1. The van der Waals surface area contributed by atoms with Crippen molar-refractivity contribution in [3.05, 3.63) is 65.2 Å². The minimum Gasteiger partial charge on any atom is -0.508 e. The highest BCUT2D eigenvalue weighted by atomic mass is 32.1. The van der Waals surface area contributed by atoms with E-state index in [1.165, 1.54) is 11.3 Å². The van der Waals surface area contributed by atoms with Crippen LogP contribution in [-0.4, -0.2) is 22.5 Å². The molecule has 0 spiro atoms. The van der Waals surface area contributed by atoms with Gasteiger partial charge in [-0.1, -0.05) is 24.3 Å².